The van der Waals surface area contributed by atoms with E-state index < -0.39 is 0 Å². The highest BCUT2D eigenvalue weighted by molar-refractivity contribution is 6.30. The van der Waals surface area contributed by atoms with Gasteiger partial charge in [-0.15, -0.1) is 0 Å². The lowest BCUT2D eigenvalue weighted by Crippen LogP contribution is -2.20. The highest BCUT2D eigenvalue weighted by Crippen LogP contribution is 2.33. The van der Waals surface area contributed by atoms with Crippen molar-refractivity contribution in [1.29, 1.82) is 0 Å². The van der Waals surface area contributed by atoms with Gasteiger partial charge >= 0.3 is 0 Å². The van der Waals surface area contributed by atoms with E-state index in [0.717, 1.165) is 18.0 Å². The number of rotatable bonds is 6. The standard InChI is InChI=1S/C13H19ClN2/c1-10(12-5-3-9-16-13(12)14)15-8-2-4-11-6-7-11/h3,5,9-11,15H,2,4,6-8H2,1H3. The van der Waals surface area contributed by atoms with Gasteiger partial charge in [0.2, 0.25) is 0 Å². The van der Waals surface area contributed by atoms with Crippen LogP contribution >= 0.6 is 11.6 Å². The summed E-state index contributed by atoms with van der Waals surface area (Å²) >= 11 is 6.04. The van der Waals surface area contributed by atoms with Gasteiger partial charge in [-0.1, -0.05) is 30.5 Å². The summed E-state index contributed by atoms with van der Waals surface area (Å²) in [5.41, 5.74) is 1.09. The van der Waals surface area contributed by atoms with Crippen molar-refractivity contribution in [2.75, 3.05) is 6.54 Å². The summed E-state index contributed by atoms with van der Waals surface area (Å²) in [5.74, 6) is 1.03. The summed E-state index contributed by atoms with van der Waals surface area (Å²) < 4.78 is 0. The Balaban J connectivity index is 1.73. The number of hydrogen-bond acceptors (Lipinski definition) is 2. The Hall–Kier alpha value is -0.600. The summed E-state index contributed by atoms with van der Waals surface area (Å²) in [7, 11) is 0. The maximum Gasteiger partial charge on any atom is 0.133 e. The number of hydrogen-bond donors (Lipinski definition) is 1. The third-order valence-electron chi connectivity index (χ3n) is 3.19. The lowest BCUT2D eigenvalue weighted by Gasteiger charge is -2.14. The minimum absolute atomic E-state index is 0.292. The van der Waals surface area contributed by atoms with E-state index in [2.05, 4.69) is 17.2 Å². The summed E-state index contributed by atoms with van der Waals surface area (Å²) in [6, 6.07) is 4.26. The van der Waals surface area contributed by atoms with E-state index in [0.29, 0.717) is 11.2 Å². The molecule has 1 aliphatic rings. The van der Waals surface area contributed by atoms with Crippen LogP contribution in [0.2, 0.25) is 5.15 Å². The van der Waals surface area contributed by atoms with Gasteiger partial charge in [-0.05, 0) is 38.3 Å². The van der Waals surface area contributed by atoms with Crippen molar-refractivity contribution in [1.82, 2.24) is 10.3 Å². The SMILES string of the molecule is CC(NCCCC1CC1)c1cccnc1Cl. The van der Waals surface area contributed by atoms with E-state index in [1.165, 1.54) is 25.7 Å². The van der Waals surface area contributed by atoms with Crippen LogP contribution in [0.25, 0.3) is 0 Å². The summed E-state index contributed by atoms with van der Waals surface area (Å²) in [5, 5.41) is 4.11. The predicted octanol–water partition coefficient (Wildman–Crippen LogP) is 3.58. The van der Waals surface area contributed by atoms with Crippen LogP contribution in [0.3, 0.4) is 0 Å². The van der Waals surface area contributed by atoms with Crippen molar-refractivity contribution in [3.05, 3.63) is 29.0 Å². The molecule has 2 nitrogen and oxygen atoms in total. The van der Waals surface area contributed by atoms with Crippen molar-refractivity contribution in [3.63, 3.8) is 0 Å². The molecule has 1 aromatic heterocycles. The fraction of sp³-hybridized carbons (Fsp3) is 0.615. The lowest BCUT2D eigenvalue weighted by atomic mass is 10.1. The number of nitrogens with zero attached hydrogens (tertiary/aromatic N) is 1. The van der Waals surface area contributed by atoms with Crippen LogP contribution in [-0.4, -0.2) is 11.5 Å². The molecule has 1 fully saturated rings. The second-order valence-electron chi connectivity index (χ2n) is 4.64. The molecule has 0 amide bonds. The van der Waals surface area contributed by atoms with E-state index in [-0.39, 0.29) is 0 Å². The third kappa shape index (κ3) is 3.46. The third-order valence-corrected chi connectivity index (χ3v) is 3.51. The Morgan fingerprint density at radius 1 is 1.56 bits per heavy atom. The van der Waals surface area contributed by atoms with Gasteiger partial charge in [0, 0.05) is 17.8 Å². The van der Waals surface area contributed by atoms with Crippen LogP contribution in [0.1, 0.15) is 44.2 Å². The predicted molar refractivity (Wildman–Crippen MR) is 67.6 cm³/mol. The molecular weight excluding hydrogens is 220 g/mol. The molecule has 88 valence electrons. The number of halogens is 1. The minimum Gasteiger partial charge on any atom is -0.310 e. The van der Waals surface area contributed by atoms with Crippen molar-refractivity contribution in [2.45, 2.75) is 38.6 Å². The van der Waals surface area contributed by atoms with Crippen LogP contribution in [0.5, 0.6) is 0 Å². The van der Waals surface area contributed by atoms with Crippen molar-refractivity contribution < 1.29 is 0 Å². The largest absolute Gasteiger partial charge is 0.310 e. The number of pyridine rings is 1. The molecule has 2 rings (SSSR count). The Labute approximate surface area is 102 Å². The zero-order valence-corrected chi connectivity index (χ0v) is 10.5. The first-order chi connectivity index (χ1) is 7.77. The molecule has 1 unspecified atom stereocenters. The zero-order chi connectivity index (χ0) is 11.4. The average molecular weight is 239 g/mol. The molecule has 0 spiro atoms. The van der Waals surface area contributed by atoms with Crippen LogP contribution in [-0.2, 0) is 0 Å². The fourth-order valence-electron chi connectivity index (χ4n) is 1.95. The topological polar surface area (TPSA) is 24.9 Å². The van der Waals surface area contributed by atoms with E-state index in [4.69, 9.17) is 11.6 Å². The molecule has 0 bridgehead atoms. The van der Waals surface area contributed by atoms with Gasteiger partial charge in [0.1, 0.15) is 5.15 Å². The summed E-state index contributed by atoms with van der Waals surface area (Å²) in [4.78, 5) is 4.09. The zero-order valence-electron chi connectivity index (χ0n) is 9.75. The smallest absolute Gasteiger partial charge is 0.133 e. The lowest BCUT2D eigenvalue weighted by molar-refractivity contribution is 0.532. The molecule has 16 heavy (non-hydrogen) atoms. The molecule has 3 heteroatoms. The average Bonchev–Trinajstić information content (AvgIpc) is 3.08. The molecular formula is C13H19ClN2. The van der Waals surface area contributed by atoms with Gasteiger partial charge < -0.3 is 5.32 Å². The number of aromatic nitrogens is 1. The second-order valence-corrected chi connectivity index (χ2v) is 5.00. The van der Waals surface area contributed by atoms with E-state index in [1.807, 2.05) is 12.1 Å². The van der Waals surface area contributed by atoms with Gasteiger partial charge in [-0.2, -0.15) is 0 Å². The van der Waals surface area contributed by atoms with Crippen molar-refractivity contribution in [3.8, 4) is 0 Å². The molecule has 1 aromatic rings. The Kier molecular flexibility index (Phi) is 4.19. The molecule has 0 saturated heterocycles. The normalized spacial score (nSPS) is 17.4. The molecule has 1 aliphatic carbocycles. The first-order valence-corrected chi connectivity index (χ1v) is 6.49. The van der Waals surface area contributed by atoms with Crippen LogP contribution < -0.4 is 5.32 Å². The first-order valence-electron chi connectivity index (χ1n) is 6.11. The summed E-state index contributed by atoms with van der Waals surface area (Å²) in [6.07, 6.45) is 7.27. The van der Waals surface area contributed by atoms with Crippen LogP contribution in [0.15, 0.2) is 18.3 Å². The van der Waals surface area contributed by atoms with Gasteiger partial charge in [0.05, 0.1) is 0 Å². The monoisotopic (exact) mass is 238 g/mol. The maximum atomic E-state index is 6.04. The quantitative estimate of drug-likeness (QED) is 0.605. The Bertz CT molecular complexity index is 336. The van der Waals surface area contributed by atoms with Gasteiger partial charge in [-0.25, -0.2) is 4.98 Å². The van der Waals surface area contributed by atoms with Crippen LogP contribution in [0.4, 0.5) is 0 Å². The molecule has 0 aliphatic heterocycles. The van der Waals surface area contributed by atoms with Gasteiger partial charge in [0.25, 0.3) is 0 Å². The van der Waals surface area contributed by atoms with E-state index in [9.17, 15) is 0 Å². The highest BCUT2D eigenvalue weighted by Gasteiger charge is 2.20. The number of nitrogens with one attached hydrogen (secondary N) is 1. The van der Waals surface area contributed by atoms with Crippen molar-refractivity contribution >= 4 is 11.6 Å². The van der Waals surface area contributed by atoms with E-state index in [1.54, 1.807) is 6.20 Å². The first kappa shape index (κ1) is 11.9. The fourth-order valence-corrected chi connectivity index (χ4v) is 2.23. The second kappa shape index (κ2) is 5.65. The summed E-state index contributed by atoms with van der Waals surface area (Å²) in [6.45, 7) is 3.21. The van der Waals surface area contributed by atoms with Crippen LogP contribution in [0, 0.1) is 5.92 Å². The Morgan fingerprint density at radius 3 is 3.06 bits per heavy atom. The Morgan fingerprint density at radius 2 is 2.38 bits per heavy atom. The van der Waals surface area contributed by atoms with E-state index >= 15 is 0 Å². The molecule has 0 radical (unpaired) electrons. The maximum absolute atomic E-state index is 6.04. The molecule has 1 saturated carbocycles. The van der Waals surface area contributed by atoms with Crippen molar-refractivity contribution in [2.24, 2.45) is 5.92 Å². The molecule has 1 heterocycles. The molecule has 1 N–H and O–H groups in total. The van der Waals surface area contributed by atoms with Gasteiger partial charge in [-0.3, -0.25) is 0 Å². The molecule has 0 aromatic carbocycles. The highest BCUT2D eigenvalue weighted by atomic mass is 35.5. The molecule has 1 atom stereocenters. The minimum atomic E-state index is 0.292. The van der Waals surface area contributed by atoms with Gasteiger partial charge in [0.15, 0.2) is 0 Å².